The van der Waals surface area contributed by atoms with E-state index in [4.69, 9.17) is 4.74 Å². The Hall–Kier alpha value is -2.35. The number of fused-ring (bicyclic) bond motifs is 5. The number of ketones is 3. The molecule has 0 aromatic carbocycles. The third kappa shape index (κ3) is 6.93. The van der Waals surface area contributed by atoms with Gasteiger partial charge in [0.15, 0.2) is 10.1 Å². The average Bonchev–Trinajstić information content (AvgIpc) is 3.33. The van der Waals surface area contributed by atoms with E-state index in [1.54, 1.807) is 0 Å². The van der Waals surface area contributed by atoms with Crippen LogP contribution in [-0.2, 0) is 43.6 Å². The van der Waals surface area contributed by atoms with Gasteiger partial charge in [0.1, 0.15) is 24.0 Å². The normalized spacial score (nSPS) is 34.2. The Kier molecular flexibility index (Phi) is 10.8. The minimum absolute atomic E-state index is 0.0131. The number of alkyl halides is 3. The standard InChI is InChI=1S/C32H45F3O10S/c1-18(7-10-28(40)44-13-5-4-6-27(39)45-17-25(33)32(34,35)46(41,42)43)21-8-9-22-29-23(16-26(38)31(21,22)3)30(2)12-11-20(36)14-19(30)15-24(29)37/h18-19,21-23,25,29H,4-17H2,1-3H3,(H,41,42,43)/p-1/t18-,19+,21-,22+,23+,25?,29+,30+,31-/m1/s1. The summed E-state index contributed by atoms with van der Waals surface area (Å²) in [5.41, 5.74) is -0.834. The summed E-state index contributed by atoms with van der Waals surface area (Å²) in [6.45, 7) is 4.58. The van der Waals surface area contributed by atoms with Crippen molar-refractivity contribution in [3.05, 3.63) is 0 Å². The smallest absolute Gasteiger partial charge is 0.368 e. The van der Waals surface area contributed by atoms with E-state index in [1.165, 1.54) is 0 Å². The fraction of sp³-hybridized carbons (Fsp3) is 0.844. The van der Waals surface area contributed by atoms with Crippen molar-refractivity contribution in [2.45, 2.75) is 109 Å². The Labute approximate surface area is 267 Å². The van der Waals surface area contributed by atoms with Crippen LogP contribution < -0.4 is 0 Å². The van der Waals surface area contributed by atoms with Crippen LogP contribution in [-0.4, -0.2) is 66.9 Å². The molecule has 0 N–H and O–H groups in total. The topological polar surface area (TPSA) is 161 Å². The molecule has 10 nitrogen and oxygen atoms in total. The number of carbonyl (C=O) groups excluding carboxylic acids is 5. The molecule has 0 radical (unpaired) electrons. The van der Waals surface area contributed by atoms with Gasteiger partial charge in [-0.2, -0.15) is 8.78 Å². The molecule has 14 heteroatoms. The number of esters is 2. The van der Waals surface area contributed by atoms with Crippen molar-refractivity contribution in [3.63, 3.8) is 0 Å². The quantitative estimate of drug-likeness (QED) is 0.152. The van der Waals surface area contributed by atoms with Crippen molar-refractivity contribution >= 4 is 39.4 Å². The first kappa shape index (κ1) is 36.5. The van der Waals surface area contributed by atoms with Gasteiger partial charge in [-0.15, -0.1) is 0 Å². The highest BCUT2D eigenvalue weighted by Crippen LogP contribution is 2.66. The summed E-state index contributed by atoms with van der Waals surface area (Å²) in [5.74, 6) is -1.14. The number of hydrogen-bond donors (Lipinski definition) is 0. The van der Waals surface area contributed by atoms with Gasteiger partial charge < -0.3 is 14.0 Å². The number of unbranched alkanes of at least 4 members (excludes halogenated alkanes) is 1. The van der Waals surface area contributed by atoms with Gasteiger partial charge in [-0.1, -0.05) is 20.8 Å². The number of ether oxygens (including phenoxy) is 2. The van der Waals surface area contributed by atoms with Crippen molar-refractivity contribution < 1.29 is 59.6 Å². The Balaban J connectivity index is 1.20. The Morgan fingerprint density at radius 2 is 1.67 bits per heavy atom. The van der Waals surface area contributed by atoms with Gasteiger partial charge in [-0.25, -0.2) is 12.8 Å². The van der Waals surface area contributed by atoms with E-state index in [2.05, 4.69) is 11.7 Å². The molecule has 0 saturated heterocycles. The molecule has 4 aliphatic rings. The Bertz CT molecular complexity index is 1330. The van der Waals surface area contributed by atoms with Crippen LogP contribution in [0.15, 0.2) is 0 Å². The number of rotatable bonds is 13. The first-order chi connectivity index (χ1) is 21.3. The van der Waals surface area contributed by atoms with E-state index in [0.717, 1.165) is 19.3 Å². The van der Waals surface area contributed by atoms with Crippen molar-refractivity contribution in [3.8, 4) is 0 Å². The fourth-order valence-corrected chi connectivity index (χ4v) is 9.44. The molecule has 0 aliphatic heterocycles. The molecule has 0 bridgehead atoms. The summed E-state index contributed by atoms with van der Waals surface area (Å²) in [4.78, 5) is 63.7. The molecule has 0 aromatic rings. The minimum Gasteiger partial charge on any atom is -0.743 e. The SMILES string of the molecule is C[C@H](CCC(=O)OCCCCC(=O)OCC(F)C(F)(F)S(=O)(=O)[O-])[C@H]1CC[C@H]2[C@@H]3C(=O)C[C@@H]4CC(=O)CC[C@]4(C)[C@H]3CC(=O)[C@]12C. The fourth-order valence-electron chi connectivity index (χ4n) is 9.06. The lowest BCUT2D eigenvalue weighted by molar-refractivity contribution is -0.166. The van der Waals surface area contributed by atoms with Gasteiger partial charge in [-0.05, 0) is 73.5 Å². The maximum Gasteiger partial charge on any atom is 0.368 e. The number of hydrogen-bond acceptors (Lipinski definition) is 10. The second-order valence-electron chi connectivity index (χ2n) is 14.3. The van der Waals surface area contributed by atoms with Gasteiger partial charge in [0.2, 0.25) is 6.17 Å². The summed E-state index contributed by atoms with van der Waals surface area (Å²) < 4.78 is 80.4. The number of carbonyl (C=O) groups is 5. The van der Waals surface area contributed by atoms with Crippen LogP contribution in [0.3, 0.4) is 0 Å². The van der Waals surface area contributed by atoms with Crippen LogP contribution in [0.25, 0.3) is 0 Å². The monoisotopic (exact) mass is 677 g/mol. The second kappa shape index (κ2) is 13.6. The summed E-state index contributed by atoms with van der Waals surface area (Å²) >= 11 is 0. The van der Waals surface area contributed by atoms with E-state index >= 15 is 0 Å². The third-order valence-corrected chi connectivity index (χ3v) is 12.8. The molecular weight excluding hydrogens is 633 g/mol. The van der Waals surface area contributed by atoms with Crippen molar-refractivity contribution in [1.82, 2.24) is 0 Å². The zero-order valence-electron chi connectivity index (χ0n) is 26.6. The molecule has 0 spiro atoms. The maximum absolute atomic E-state index is 13.9. The predicted octanol–water partition coefficient (Wildman–Crippen LogP) is 4.72. The highest BCUT2D eigenvalue weighted by molar-refractivity contribution is 7.86. The molecule has 4 saturated carbocycles. The second-order valence-corrected chi connectivity index (χ2v) is 15.8. The lowest BCUT2D eigenvalue weighted by Gasteiger charge is -2.58. The minimum atomic E-state index is -6.26. The highest BCUT2D eigenvalue weighted by atomic mass is 32.2. The van der Waals surface area contributed by atoms with Gasteiger partial charge in [0.25, 0.3) is 0 Å². The predicted molar refractivity (Wildman–Crippen MR) is 155 cm³/mol. The zero-order valence-corrected chi connectivity index (χ0v) is 27.4. The van der Waals surface area contributed by atoms with Crippen molar-refractivity contribution in [1.29, 1.82) is 0 Å². The summed E-state index contributed by atoms with van der Waals surface area (Å²) in [6, 6.07) is 0. The highest BCUT2D eigenvalue weighted by Gasteiger charge is 2.66. The Morgan fingerprint density at radius 1 is 1.00 bits per heavy atom. The Morgan fingerprint density at radius 3 is 2.35 bits per heavy atom. The molecule has 0 heterocycles. The van der Waals surface area contributed by atoms with Crippen LogP contribution in [0.2, 0.25) is 0 Å². The molecule has 260 valence electrons. The van der Waals surface area contributed by atoms with E-state index in [1.807, 2.05) is 13.8 Å². The van der Waals surface area contributed by atoms with E-state index in [9.17, 15) is 50.1 Å². The molecule has 9 atom stereocenters. The molecule has 4 rings (SSSR count). The lowest BCUT2D eigenvalue weighted by Crippen LogP contribution is -2.60. The van der Waals surface area contributed by atoms with E-state index in [0.29, 0.717) is 32.1 Å². The van der Waals surface area contributed by atoms with E-state index < -0.39 is 45.5 Å². The molecule has 0 amide bonds. The van der Waals surface area contributed by atoms with E-state index in [-0.39, 0.29) is 90.6 Å². The van der Waals surface area contributed by atoms with Gasteiger partial charge in [0.05, 0.1) is 6.61 Å². The molecule has 1 unspecified atom stereocenters. The van der Waals surface area contributed by atoms with Crippen molar-refractivity contribution in [2.24, 2.45) is 46.3 Å². The van der Waals surface area contributed by atoms with Crippen LogP contribution in [0, 0.1) is 46.3 Å². The van der Waals surface area contributed by atoms with Crippen molar-refractivity contribution in [2.75, 3.05) is 13.2 Å². The van der Waals surface area contributed by atoms with Crippen LogP contribution in [0.5, 0.6) is 0 Å². The maximum atomic E-state index is 13.9. The lowest BCUT2D eigenvalue weighted by atomic mass is 9.44. The molecule has 4 aliphatic carbocycles. The molecule has 4 fully saturated rings. The van der Waals surface area contributed by atoms with Gasteiger partial charge >= 0.3 is 17.2 Å². The van der Waals surface area contributed by atoms with Crippen LogP contribution >= 0.6 is 0 Å². The number of halogens is 3. The molecular formula is C32H44F3O10S-. The zero-order chi connectivity index (χ0) is 34.2. The average molecular weight is 678 g/mol. The summed E-state index contributed by atoms with van der Waals surface area (Å²) in [6.07, 6.45) is 1.12. The largest absolute Gasteiger partial charge is 0.743 e. The first-order valence-electron chi connectivity index (χ1n) is 16.2. The number of Topliss-reactive ketones (excluding diaryl/α,β-unsaturated/α-hetero) is 3. The molecule has 0 aromatic heterocycles. The molecule has 46 heavy (non-hydrogen) atoms. The summed E-state index contributed by atoms with van der Waals surface area (Å²) in [5, 5.41) is -5.22. The van der Waals surface area contributed by atoms with Crippen LogP contribution in [0.4, 0.5) is 13.2 Å². The van der Waals surface area contributed by atoms with Gasteiger partial charge in [0, 0.05) is 49.9 Å². The summed E-state index contributed by atoms with van der Waals surface area (Å²) in [7, 11) is -6.26. The first-order valence-corrected chi connectivity index (χ1v) is 17.6. The third-order valence-electron chi connectivity index (χ3n) is 11.8. The van der Waals surface area contributed by atoms with Gasteiger partial charge in [-0.3, -0.25) is 24.0 Å². The van der Waals surface area contributed by atoms with Crippen LogP contribution in [0.1, 0.15) is 97.8 Å².